The van der Waals surface area contributed by atoms with Crippen molar-refractivity contribution in [1.29, 1.82) is 0 Å². The number of hydrogen-bond donors (Lipinski definition) is 3. The van der Waals surface area contributed by atoms with E-state index in [1.807, 2.05) is 0 Å². The zero-order valence-electron chi connectivity index (χ0n) is 7.65. The number of hydrogen-bond acceptors (Lipinski definition) is 3. The molecule has 0 bridgehead atoms. The van der Waals surface area contributed by atoms with Gasteiger partial charge in [-0.1, -0.05) is 0 Å². The Morgan fingerprint density at radius 3 is 2.27 bits per heavy atom. The fourth-order valence-corrected chi connectivity index (χ4v) is 1.00. The Labute approximate surface area is 83.4 Å². The predicted molar refractivity (Wildman–Crippen MR) is 43.3 cm³/mol. The molecule has 0 aliphatic carbocycles. The predicted octanol–water partition coefficient (Wildman–Crippen LogP) is -0.694. The smallest absolute Gasteiger partial charge is 0.316 e. The van der Waals surface area contributed by atoms with Gasteiger partial charge in [0.05, 0.1) is 0 Å². The maximum absolute atomic E-state index is 11.7. The van der Waals surface area contributed by atoms with Crippen LogP contribution in [-0.4, -0.2) is 31.1 Å². The number of halogens is 3. The van der Waals surface area contributed by atoms with E-state index < -0.39 is 18.0 Å². The van der Waals surface area contributed by atoms with Crippen LogP contribution in [0.25, 0.3) is 0 Å². The van der Waals surface area contributed by atoms with Crippen LogP contribution >= 0.6 is 0 Å². The topological polar surface area (TPSA) is 70.2 Å². The molecular formula is C7H10F3N3O2. The van der Waals surface area contributed by atoms with Crippen molar-refractivity contribution in [2.75, 3.05) is 13.1 Å². The highest BCUT2D eigenvalue weighted by molar-refractivity contribution is 5.85. The van der Waals surface area contributed by atoms with Gasteiger partial charge < -0.3 is 5.32 Å². The van der Waals surface area contributed by atoms with E-state index in [1.54, 1.807) is 5.43 Å². The van der Waals surface area contributed by atoms with Crippen molar-refractivity contribution < 1.29 is 22.8 Å². The van der Waals surface area contributed by atoms with Crippen molar-refractivity contribution >= 4 is 11.8 Å². The number of carbonyl (C=O) groups is 2. The van der Waals surface area contributed by atoms with Crippen LogP contribution in [0.3, 0.4) is 0 Å². The third-order valence-electron chi connectivity index (χ3n) is 1.91. The largest absolute Gasteiger partial charge is 0.472 e. The van der Waals surface area contributed by atoms with Crippen molar-refractivity contribution in [2.45, 2.75) is 12.6 Å². The van der Waals surface area contributed by atoms with Crippen LogP contribution in [0.15, 0.2) is 0 Å². The molecule has 1 fully saturated rings. The summed E-state index contributed by atoms with van der Waals surface area (Å²) in [6, 6.07) is 0. The minimum absolute atomic E-state index is 0.102. The normalized spacial score (nSPS) is 16.7. The molecule has 0 aromatic carbocycles. The molecule has 15 heavy (non-hydrogen) atoms. The molecule has 0 aromatic heterocycles. The summed E-state index contributed by atoms with van der Waals surface area (Å²) in [4.78, 5) is 21.2. The Balaban J connectivity index is 2.18. The summed E-state index contributed by atoms with van der Waals surface area (Å²) in [6.45, 7) is 1.33. The molecule has 86 valence electrons. The zero-order valence-corrected chi connectivity index (χ0v) is 7.65. The molecule has 0 radical (unpaired) electrons. The highest BCUT2D eigenvalue weighted by Crippen LogP contribution is 2.13. The highest BCUT2D eigenvalue weighted by atomic mass is 19.4. The summed E-state index contributed by atoms with van der Waals surface area (Å²) in [5.74, 6) is -2.67. The minimum Gasteiger partial charge on any atom is -0.316 e. The lowest BCUT2D eigenvalue weighted by Crippen LogP contribution is -2.50. The van der Waals surface area contributed by atoms with Crippen molar-refractivity contribution in [3.05, 3.63) is 0 Å². The summed E-state index contributed by atoms with van der Waals surface area (Å²) in [5.41, 5.74) is 2.99. The van der Waals surface area contributed by atoms with E-state index in [1.165, 1.54) is 5.43 Å². The molecule has 0 unspecified atom stereocenters. The van der Waals surface area contributed by atoms with Gasteiger partial charge in [0.25, 0.3) is 0 Å². The first-order valence-electron chi connectivity index (χ1n) is 4.26. The van der Waals surface area contributed by atoms with Gasteiger partial charge in [-0.15, -0.1) is 0 Å². The summed E-state index contributed by atoms with van der Waals surface area (Å²) in [6.07, 6.45) is -4.88. The summed E-state index contributed by atoms with van der Waals surface area (Å²) < 4.78 is 35.0. The van der Waals surface area contributed by atoms with Crippen molar-refractivity contribution in [2.24, 2.45) is 5.92 Å². The molecule has 0 spiro atoms. The third kappa shape index (κ3) is 3.74. The van der Waals surface area contributed by atoms with Crippen LogP contribution in [0.1, 0.15) is 6.42 Å². The van der Waals surface area contributed by atoms with Crippen LogP contribution in [0.4, 0.5) is 13.2 Å². The molecule has 0 aromatic rings. The van der Waals surface area contributed by atoms with Crippen LogP contribution in [-0.2, 0) is 9.59 Å². The molecule has 2 amide bonds. The quantitative estimate of drug-likeness (QED) is 0.544. The Morgan fingerprint density at radius 1 is 1.27 bits per heavy atom. The second kappa shape index (κ2) is 4.47. The number of amides is 2. The monoisotopic (exact) mass is 225 g/mol. The molecule has 0 atom stereocenters. The average Bonchev–Trinajstić information content (AvgIpc) is 2.05. The molecule has 1 heterocycles. The Bertz CT molecular complexity index is 263. The average molecular weight is 225 g/mol. The molecule has 1 rings (SSSR count). The first-order chi connectivity index (χ1) is 6.89. The molecule has 1 saturated heterocycles. The molecule has 8 heteroatoms. The molecule has 5 nitrogen and oxygen atoms in total. The fraction of sp³-hybridized carbons (Fsp3) is 0.714. The zero-order chi connectivity index (χ0) is 11.5. The molecule has 0 saturated carbocycles. The standard InChI is InChI=1S/C7H10F3N3O2/c8-7(9,10)6(15)13-12-5(14)1-4-2-11-3-4/h4,11H,1-3H2,(H,12,14)(H,13,15). The van der Waals surface area contributed by atoms with Gasteiger partial charge in [0.2, 0.25) is 5.91 Å². The Hall–Kier alpha value is -1.31. The van der Waals surface area contributed by atoms with E-state index in [-0.39, 0.29) is 12.3 Å². The van der Waals surface area contributed by atoms with E-state index in [0.717, 1.165) is 0 Å². The number of hydrazine groups is 1. The third-order valence-corrected chi connectivity index (χ3v) is 1.91. The van der Waals surface area contributed by atoms with Crippen LogP contribution < -0.4 is 16.2 Å². The molecular weight excluding hydrogens is 215 g/mol. The van der Waals surface area contributed by atoms with Crippen LogP contribution in [0, 0.1) is 5.92 Å². The van der Waals surface area contributed by atoms with Gasteiger partial charge in [-0.3, -0.25) is 20.4 Å². The van der Waals surface area contributed by atoms with Gasteiger partial charge >= 0.3 is 12.1 Å². The maximum atomic E-state index is 11.7. The molecule has 1 aliphatic rings. The van der Waals surface area contributed by atoms with Gasteiger partial charge in [0.1, 0.15) is 0 Å². The summed E-state index contributed by atoms with van der Waals surface area (Å²) in [5, 5.41) is 2.91. The number of rotatable bonds is 2. The van der Waals surface area contributed by atoms with Gasteiger partial charge in [-0.25, -0.2) is 0 Å². The second-order valence-electron chi connectivity index (χ2n) is 3.23. The highest BCUT2D eigenvalue weighted by Gasteiger charge is 2.39. The van der Waals surface area contributed by atoms with Gasteiger partial charge in [-0.05, 0) is 19.0 Å². The Kier molecular flexibility index (Phi) is 3.51. The van der Waals surface area contributed by atoms with Gasteiger partial charge in [-0.2, -0.15) is 13.2 Å². The van der Waals surface area contributed by atoms with E-state index in [9.17, 15) is 22.8 Å². The summed E-state index contributed by atoms with van der Waals surface area (Å²) in [7, 11) is 0. The van der Waals surface area contributed by atoms with E-state index in [0.29, 0.717) is 13.1 Å². The van der Waals surface area contributed by atoms with Crippen molar-refractivity contribution in [1.82, 2.24) is 16.2 Å². The van der Waals surface area contributed by atoms with Gasteiger partial charge in [0.15, 0.2) is 0 Å². The molecule has 3 N–H and O–H groups in total. The van der Waals surface area contributed by atoms with E-state index in [4.69, 9.17) is 0 Å². The lowest BCUT2D eigenvalue weighted by atomic mass is 9.99. The van der Waals surface area contributed by atoms with Crippen molar-refractivity contribution in [3.8, 4) is 0 Å². The lowest BCUT2D eigenvalue weighted by molar-refractivity contribution is -0.175. The van der Waals surface area contributed by atoms with Gasteiger partial charge in [0, 0.05) is 6.42 Å². The van der Waals surface area contributed by atoms with Crippen molar-refractivity contribution in [3.63, 3.8) is 0 Å². The number of carbonyl (C=O) groups excluding carboxylic acids is 2. The SMILES string of the molecule is O=C(CC1CNC1)NNC(=O)C(F)(F)F. The molecule has 1 aliphatic heterocycles. The first-order valence-corrected chi connectivity index (χ1v) is 4.26. The second-order valence-corrected chi connectivity index (χ2v) is 3.23. The van der Waals surface area contributed by atoms with E-state index >= 15 is 0 Å². The van der Waals surface area contributed by atoms with Crippen LogP contribution in [0.2, 0.25) is 0 Å². The fourth-order valence-electron chi connectivity index (χ4n) is 1.00. The first kappa shape index (κ1) is 11.8. The number of alkyl halides is 3. The Morgan fingerprint density at radius 2 is 1.87 bits per heavy atom. The van der Waals surface area contributed by atoms with Crippen LogP contribution in [0.5, 0.6) is 0 Å². The lowest BCUT2D eigenvalue weighted by Gasteiger charge is -2.26. The minimum atomic E-state index is -4.98. The maximum Gasteiger partial charge on any atom is 0.472 e. The number of nitrogens with one attached hydrogen (secondary N) is 3. The summed E-state index contributed by atoms with van der Waals surface area (Å²) >= 11 is 0. The van der Waals surface area contributed by atoms with E-state index in [2.05, 4.69) is 5.32 Å².